The van der Waals surface area contributed by atoms with Crippen molar-refractivity contribution in [2.45, 2.75) is 82.7 Å². The molecule has 0 amide bonds. The van der Waals surface area contributed by atoms with Crippen LogP contribution in [0.1, 0.15) is 72.8 Å². The first-order chi connectivity index (χ1) is 42.6. The number of hydrogen-bond acceptors (Lipinski definition) is 4. The average molecular weight is 1130 g/mol. The van der Waals surface area contributed by atoms with Gasteiger partial charge in [0, 0.05) is 56.6 Å². The van der Waals surface area contributed by atoms with Crippen LogP contribution in [0.4, 0.5) is 34.1 Å². The minimum Gasteiger partial charge on any atom is -0.356 e. The Morgan fingerprint density at radius 1 is 0.529 bits per heavy atom. The largest absolute Gasteiger partial charge is 0.356 e. The second kappa shape index (κ2) is 21.2. The van der Waals surface area contributed by atoms with Gasteiger partial charge in [-0.2, -0.15) is 0 Å². The molecule has 0 aromatic heterocycles. The van der Waals surface area contributed by atoms with E-state index in [4.69, 9.17) is 0 Å². The minimum atomic E-state index is 0.123. The highest BCUT2D eigenvalue weighted by atomic mass is 15.3. The van der Waals surface area contributed by atoms with Crippen molar-refractivity contribution in [1.82, 2.24) is 0 Å². The topological polar surface area (TPSA) is 21.8 Å². The van der Waals surface area contributed by atoms with E-state index in [0.717, 1.165) is 36.1 Å². The van der Waals surface area contributed by atoms with Crippen molar-refractivity contribution in [3.63, 3.8) is 0 Å². The van der Waals surface area contributed by atoms with Crippen LogP contribution in [0.3, 0.4) is 0 Å². The molecule has 5 fully saturated rings. The zero-order valence-electron chi connectivity index (χ0n) is 50.6. The summed E-state index contributed by atoms with van der Waals surface area (Å²) in [7, 11) is 0. The van der Waals surface area contributed by atoms with Gasteiger partial charge in [-0.05, 0) is 236 Å². The quantitative estimate of drug-likeness (QED) is 0.110. The smallest absolute Gasteiger partial charge is 0.0627 e. The molecule has 0 saturated heterocycles. The standard InChI is InChI=1S/C50H48N2.C33H30N2/c1-33-12-9-19-39(28-33)51(40-25-23-36-30-49(36,2)31-40)37-18-10-15-34(22-24-37)41-20-11-21-46(44-29-43(41)44)52(38-16-7-4-8-17-38)50-27-26-42-47(48(42)45(50)32-50)35-13-5-3-6-14-35;1-24-8-6-12-30(20-24)35(31-13-7-9-25(2)21-31)32-18-19-33(23-27(33)22-32)26-14-16-29(17-15-26)34-28-10-4-3-5-11-28/h3-9,11-28,31,36,42-48H,10,29-30,32H2,1-2H3;3-22,27,34H,23H2,1-2H3. The molecule has 0 spiro atoms. The number of rotatable bonds is 14. The number of benzene rings is 7. The van der Waals surface area contributed by atoms with Gasteiger partial charge in [-0.1, -0.05) is 195 Å². The highest BCUT2D eigenvalue weighted by Gasteiger charge is 2.72. The Kier molecular flexibility index (Phi) is 13.1. The molecule has 17 rings (SSSR count). The molecule has 10 aliphatic rings. The number of hydrogen-bond donors (Lipinski definition) is 1. The van der Waals surface area contributed by atoms with Gasteiger partial charge in [0.2, 0.25) is 0 Å². The van der Waals surface area contributed by atoms with E-state index in [1.165, 1.54) is 98.1 Å². The van der Waals surface area contributed by atoms with Crippen LogP contribution in [0.15, 0.2) is 307 Å². The molecule has 0 radical (unpaired) electrons. The van der Waals surface area contributed by atoms with Crippen LogP contribution < -0.4 is 20.0 Å². The number of allylic oxidation sites excluding steroid dienone is 15. The van der Waals surface area contributed by atoms with E-state index in [0.29, 0.717) is 47.0 Å². The molecule has 0 heterocycles. The Balaban J connectivity index is 0.000000152. The Labute approximate surface area is 516 Å². The Morgan fingerprint density at radius 3 is 1.86 bits per heavy atom. The lowest BCUT2D eigenvalue weighted by Gasteiger charge is -2.40. The van der Waals surface area contributed by atoms with Crippen LogP contribution in [0.5, 0.6) is 0 Å². The molecule has 10 aliphatic carbocycles. The maximum atomic E-state index is 3.49. The predicted octanol–water partition coefficient (Wildman–Crippen LogP) is 20.0. The fraction of sp³-hybridized carbons (Fsp3) is 0.253. The van der Waals surface area contributed by atoms with Gasteiger partial charge in [0.25, 0.3) is 0 Å². The minimum absolute atomic E-state index is 0.123. The second-order valence-electron chi connectivity index (χ2n) is 27.1. The molecule has 12 unspecified atom stereocenters. The second-order valence-corrected chi connectivity index (χ2v) is 27.1. The molecule has 430 valence electrons. The fourth-order valence-electron chi connectivity index (χ4n) is 16.3. The lowest BCUT2D eigenvalue weighted by molar-refractivity contribution is 0.487. The number of anilines is 6. The zero-order valence-corrected chi connectivity index (χ0v) is 50.6. The number of aryl methyl sites for hydroxylation is 3. The van der Waals surface area contributed by atoms with Gasteiger partial charge in [-0.15, -0.1) is 0 Å². The monoisotopic (exact) mass is 1130 g/mol. The molecule has 12 atom stereocenters. The van der Waals surface area contributed by atoms with Crippen molar-refractivity contribution in [3.8, 4) is 0 Å². The first kappa shape index (κ1) is 53.6. The van der Waals surface area contributed by atoms with Crippen molar-refractivity contribution in [3.05, 3.63) is 335 Å². The van der Waals surface area contributed by atoms with Crippen LogP contribution >= 0.6 is 0 Å². The van der Waals surface area contributed by atoms with Gasteiger partial charge in [-0.3, -0.25) is 0 Å². The molecule has 7 aromatic carbocycles. The highest BCUT2D eigenvalue weighted by Crippen LogP contribution is 2.74. The third kappa shape index (κ3) is 9.96. The molecule has 0 bridgehead atoms. The summed E-state index contributed by atoms with van der Waals surface area (Å²) in [6.07, 6.45) is 42.8. The number of para-hydroxylation sites is 2. The molecule has 87 heavy (non-hydrogen) atoms. The Hall–Kier alpha value is -8.86. The normalized spacial score (nSPS) is 30.0. The molecule has 7 aromatic rings. The third-order valence-electron chi connectivity index (χ3n) is 21.2. The van der Waals surface area contributed by atoms with E-state index in [9.17, 15) is 0 Å². The van der Waals surface area contributed by atoms with Gasteiger partial charge in [0.05, 0.1) is 11.6 Å². The average Bonchev–Trinajstić information content (AvgIpc) is 1.50. The van der Waals surface area contributed by atoms with Crippen molar-refractivity contribution in [2.24, 2.45) is 46.8 Å². The molecule has 5 saturated carbocycles. The fourth-order valence-corrected chi connectivity index (χ4v) is 16.3. The number of nitrogens with one attached hydrogen (secondary N) is 1. The summed E-state index contributed by atoms with van der Waals surface area (Å²) in [6, 6.07) is 68.9. The van der Waals surface area contributed by atoms with Crippen molar-refractivity contribution < 1.29 is 0 Å². The Morgan fingerprint density at radius 2 is 1.18 bits per heavy atom. The third-order valence-corrected chi connectivity index (χ3v) is 21.2. The lowest BCUT2D eigenvalue weighted by Crippen LogP contribution is -2.47. The highest BCUT2D eigenvalue weighted by molar-refractivity contribution is 5.73. The van der Waals surface area contributed by atoms with Crippen molar-refractivity contribution in [1.29, 1.82) is 0 Å². The summed E-state index contributed by atoms with van der Waals surface area (Å²) in [5.41, 5.74) is 21.3. The molecule has 0 aliphatic heterocycles. The summed E-state index contributed by atoms with van der Waals surface area (Å²) in [4.78, 5) is 7.75. The van der Waals surface area contributed by atoms with E-state index in [1.807, 2.05) is 6.07 Å². The van der Waals surface area contributed by atoms with Gasteiger partial charge in [-0.25, -0.2) is 0 Å². The first-order valence-corrected chi connectivity index (χ1v) is 32.2. The molecule has 4 nitrogen and oxygen atoms in total. The number of nitrogens with zero attached hydrogens (tertiary/aromatic N) is 3. The van der Waals surface area contributed by atoms with E-state index >= 15 is 0 Å². The van der Waals surface area contributed by atoms with Gasteiger partial charge < -0.3 is 20.0 Å². The van der Waals surface area contributed by atoms with E-state index < -0.39 is 0 Å². The van der Waals surface area contributed by atoms with E-state index in [1.54, 1.807) is 0 Å². The summed E-state index contributed by atoms with van der Waals surface area (Å²) in [5.74, 6) is 5.31. The summed E-state index contributed by atoms with van der Waals surface area (Å²) < 4.78 is 0. The van der Waals surface area contributed by atoms with Gasteiger partial charge in [0.15, 0.2) is 0 Å². The van der Waals surface area contributed by atoms with E-state index in [-0.39, 0.29) is 11.0 Å². The van der Waals surface area contributed by atoms with Crippen LogP contribution in [-0.2, 0) is 5.41 Å². The van der Waals surface area contributed by atoms with Crippen LogP contribution in [0, 0.1) is 67.6 Å². The van der Waals surface area contributed by atoms with E-state index in [2.05, 4.69) is 321 Å². The SMILES string of the molecule is Cc1cccc(N(C2=CC3CC3(c3ccc(Nc4ccccc4)cc3)C=C2)c2cccc(C)c2)c1.Cc1cccc(N(C2=CCC=C(C3=CC=CC(N(c4ccccc4)C45C=CC6C(c7ccccc7)C6C4C5)C4CC34)C=C2)C2=CC3(C)CC3C=C2)c1. The number of fused-ring (bicyclic) bond motifs is 6. The lowest BCUT2D eigenvalue weighted by atomic mass is 9.89. The Bertz CT molecular complexity index is 4090. The van der Waals surface area contributed by atoms with Crippen LogP contribution in [0.25, 0.3) is 0 Å². The molecular weight excluding hydrogens is 1050 g/mol. The maximum absolute atomic E-state index is 3.49. The van der Waals surface area contributed by atoms with Gasteiger partial charge >= 0.3 is 0 Å². The molecular formula is C83H78N4. The predicted molar refractivity (Wildman–Crippen MR) is 362 cm³/mol. The zero-order chi connectivity index (χ0) is 58.4. The van der Waals surface area contributed by atoms with Crippen LogP contribution in [0.2, 0.25) is 0 Å². The molecule has 1 N–H and O–H groups in total. The summed E-state index contributed by atoms with van der Waals surface area (Å²) in [5, 5.41) is 3.49. The van der Waals surface area contributed by atoms with Crippen molar-refractivity contribution >= 4 is 34.1 Å². The summed E-state index contributed by atoms with van der Waals surface area (Å²) >= 11 is 0. The van der Waals surface area contributed by atoms with Crippen molar-refractivity contribution in [2.75, 3.05) is 20.0 Å². The van der Waals surface area contributed by atoms with Crippen LogP contribution in [-0.4, -0.2) is 11.6 Å². The first-order valence-electron chi connectivity index (χ1n) is 32.2. The summed E-state index contributed by atoms with van der Waals surface area (Å²) in [6.45, 7) is 8.93. The maximum Gasteiger partial charge on any atom is 0.0627 e. The van der Waals surface area contributed by atoms with Gasteiger partial charge in [0.1, 0.15) is 0 Å². The molecule has 4 heteroatoms.